The van der Waals surface area contributed by atoms with Crippen LogP contribution in [0.3, 0.4) is 0 Å². The SMILES string of the molecule is Cc1nc2cc#ccc2[nH]1. The van der Waals surface area contributed by atoms with Crippen LogP contribution in [0.1, 0.15) is 5.82 Å². The second-order valence-electron chi connectivity index (χ2n) is 2.20. The van der Waals surface area contributed by atoms with Crippen LogP contribution in [0.15, 0.2) is 12.1 Å². The molecule has 48 valence electrons. The number of hydrogen-bond acceptors (Lipinski definition) is 1. The highest BCUT2D eigenvalue weighted by molar-refractivity contribution is 5.73. The number of imidazole rings is 1. The summed E-state index contributed by atoms with van der Waals surface area (Å²) < 4.78 is 0. The first-order valence-corrected chi connectivity index (χ1v) is 3.10. The van der Waals surface area contributed by atoms with Crippen molar-refractivity contribution in [3.63, 3.8) is 0 Å². The molecule has 1 heterocycles. The van der Waals surface area contributed by atoms with Crippen molar-refractivity contribution in [2.45, 2.75) is 6.92 Å². The van der Waals surface area contributed by atoms with E-state index in [0.29, 0.717) is 0 Å². The Morgan fingerprint density at radius 1 is 1.40 bits per heavy atom. The Kier molecular flexibility index (Phi) is 0.925. The van der Waals surface area contributed by atoms with E-state index in [9.17, 15) is 0 Å². The van der Waals surface area contributed by atoms with Crippen molar-refractivity contribution in [1.29, 1.82) is 0 Å². The van der Waals surface area contributed by atoms with Gasteiger partial charge in [0, 0.05) is 12.1 Å². The zero-order chi connectivity index (χ0) is 6.97. The molecule has 1 aromatic carbocycles. The average Bonchev–Trinajstić information content (AvgIpc) is 2.27. The van der Waals surface area contributed by atoms with Crippen LogP contribution in [-0.2, 0) is 0 Å². The molecule has 0 unspecified atom stereocenters. The van der Waals surface area contributed by atoms with E-state index in [1.165, 1.54) is 0 Å². The van der Waals surface area contributed by atoms with Crippen molar-refractivity contribution >= 4 is 11.0 Å². The van der Waals surface area contributed by atoms with E-state index in [1.54, 1.807) is 0 Å². The highest BCUT2D eigenvalue weighted by Gasteiger charge is 1.93. The van der Waals surface area contributed by atoms with Crippen LogP contribution in [0.5, 0.6) is 0 Å². The summed E-state index contributed by atoms with van der Waals surface area (Å²) in [5, 5.41) is 0. The number of hydrogen-bond donors (Lipinski definition) is 1. The first-order chi connectivity index (χ1) is 4.86. The molecular formula is C8H6N2. The van der Waals surface area contributed by atoms with Crippen LogP contribution >= 0.6 is 0 Å². The molecule has 2 aromatic rings. The van der Waals surface area contributed by atoms with Gasteiger partial charge in [0.05, 0.1) is 11.0 Å². The van der Waals surface area contributed by atoms with Gasteiger partial charge in [0.2, 0.25) is 0 Å². The lowest BCUT2D eigenvalue weighted by Crippen LogP contribution is -1.68. The van der Waals surface area contributed by atoms with Gasteiger partial charge in [-0.15, -0.1) is 0 Å². The summed E-state index contributed by atoms with van der Waals surface area (Å²) in [5.41, 5.74) is 1.98. The summed E-state index contributed by atoms with van der Waals surface area (Å²) in [6.45, 7) is 1.93. The molecule has 0 saturated heterocycles. The molecule has 2 nitrogen and oxygen atoms in total. The maximum Gasteiger partial charge on any atom is 0.104 e. The van der Waals surface area contributed by atoms with Gasteiger partial charge in [-0.05, 0) is 6.92 Å². The van der Waals surface area contributed by atoms with E-state index in [1.807, 2.05) is 19.1 Å². The predicted molar refractivity (Wildman–Crippen MR) is 38.5 cm³/mol. The standard InChI is InChI=1S/C8H6N2/c1-6-9-7-4-2-3-5-8(7)10-6/h4-5H,1H3,(H,9,10). The Balaban J connectivity index is 2.88. The summed E-state index contributed by atoms with van der Waals surface area (Å²) in [4.78, 5) is 7.30. The zero-order valence-corrected chi connectivity index (χ0v) is 5.60. The van der Waals surface area contributed by atoms with Crippen LogP contribution < -0.4 is 0 Å². The number of aromatic nitrogens is 2. The Labute approximate surface area is 58.9 Å². The fourth-order valence-electron chi connectivity index (χ4n) is 0.972. The molecule has 0 aliphatic rings. The Hall–Kier alpha value is -1.49. The van der Waals surface area contributed by atoms with E-state index in [4.69, 9.17) is 0 Å². The molecule has 1 N–H and O–H groups in total. The number of fused-ring (bicyclic) bond motifs is 1. The van der Waals surface area contributed by atoms with E-state index in [0.717, 1.165) is 16.9 Å². The smallest absolute Gasteiger partial charge is 0.104 e. The van der Waals surface area contributed by atoms with Crippen LogP contribution in [0.25, 0.3) is 11.0 Å². The summed E-state index contributed by atoms with van der Waals surface area (Å²) in [5.74, 6) is 0.933. The number of rotatable bonds is 0. The molecule has 0 bridgehead atoms. The van der Waals surface area contributed by atoms with Gasteiger partial charge in [-0.2, -0.15) is 0 Å². The van der Waals surface area contributed by atoms with Gasteiger partial charge in [0.1, 0.15) is 5.82 Å². The zero-order valence-electron chi connectivity index (χ0n) is 5.60. The highest BCUT2D eigenvalue weighted by atomic mass is 14.9. The fraction of sp³-hybridized carbons (Fsp3) is 0.125. The molecule has 0 atom stereocenters. The summed E-state index contributed by atoms with van der Waals surface area (Å²) in [7, 11) is 0. The Bertz CT molecular complexity index is 316. The van der Waals surface area contributed by atoms with Crippen LogP contribution in [0, 0.1) is 19.1 Å². The topological polar surface area (TPSA) is 28.7 Å². The van der Waals surface area contributed by atoms with Gasteiger partial charge >= 0.3 is 0 Å². The molecular weight excluding hydrogens is 124 g/mol. The van der Waals surface area contributed by atoms with Crippen molar-refractivity contribution in [3.05, 3.63) is 30.1 Å². The molecule has 2 rings (SSSR count). The number of nitrogens with one attached hydrogen (secondary N) is 1. The monoisotopic (exact) mass is 130 g/mol. The number of H-pyrrole nitrogens is 1. The molecule has 0 amide bonds. The third kappa shape index (κ3) is 0.645. The van der Waals surface area contributed by atoms with Gasteiger partial charge < -0.3 is 4.98 Å². The number of aromatic amines is 1. The van der Waals surface area contributed by atoms with Crippen molar-refractivity contribution in [1.82, 2.24) is 9.97 Å². The normalized spacial score (nSPS) is 9.70. The second-order valence-corrected chi connectivity index (χ2v) is 2.20. The van der Waals surface area contributed by atoms with Gasteiger partial charge in [0.15, 0.2) is 0 Å². The maximum atomic E-state index is 4.21. The van der Waals surface area contributed by atoms with Crippen molar-refractivity contribution in [2.75, 3.05) is 0 Å². The van der Waals surface area contributed by atoms with E-state index >= 15 is 0 Å². The van der Waals surface area contributed by atoms with E-state index < -0.39 is 0 Å². The predicted octanol–water partition coefficient (Wildman–Crippen LogP) is 1.47. The minimum absolute atomic E-state index is 0.933. The molecule has 0 fully saturated rings. The largest absolute Gasteiger partial charge is 0.342 e. The molecule has 0 saturated carbocycles. The van der Waals surface area contributed by atoms with E-state index in [-0.39, 0.29) is 0 Å². The Morgan fingerprint density at radius 2 is 2.20 bits per heavy atom. The van der Waals surface area contributed by atoms with Gasteiger partial charge in [-0.1, -0.05) is 12.1 Å². The van der Waals surface area contributed by atoms with Crippen molar-refractivity contribution in [2.24, 2.45) is 0 Å². The molecule has 0 aliphatic heterocycles. The minimum atomic E-state index is 0.933. The summed E-state index contributed by atoms with van der Waals surface area (Å²) in [6, 6.07) is 9.35. The van der Waals surface area contributed by atoms with Crippen LogP contribution in [0.4, 0.5) is 0 Å². The fourth-order valence-corrected chi connectivity index (χ4v) is 0.972. The van der Waals surface area contributed by atoms with E-state index in [2.05, 4.69) is 22.1 Å². The second kappa shape index (κ2) is 1.74. The van der Waals surface area contributed by atoms with Crippen LogP contribution in [0.2, 0.25) is 0 Å². The quantitative estimate of drug-likeness (QED) is 0.574. The molecule has 1 aromatic heterocycles. The molecule has 0 spiro atoms. The lowest BCUT2D eigenvalue weighted by Gasteiger charge is -1.76. The molecule has 0 radical (unpaired) electrons. The van der Waals surface area contributed by atoms with Crippen LogP contribution in [-0.4, -0.2) is 9.97 Å². The third-order valence-corrected chi connectivity index (χ3v) is 1.39. The lowest BCUT2D eigenvalue weighted by atomic mass is 10.4. The van der Waals surface area contributed by atoms with Gasteiger partial charge in [-0.3, -0.25) is 0 Å². The molecule has 2 heteroatoms. The Morgan fingerprint density at radius 3 is 3.00 bits per heavy atom. The van der Waals surface area contributed by atoms with Gasteiger partial charge in [0.25, 0.3) is 0 Å². The average molecular weight is 130 g/mol. The summed E-state index contributed by atoms with van der Waals surface area (Å²) >= 11 is 0. The van der Waals surface area contributed by atoms with Gasteiger partial charge in [-0.25, -0.2) is 4.98 Å². The minimum Gasteiger partial charge on any atom is -0.342 e. The molecule has 10 heavy (non-hydrogen) atoms. The van der Waals surface area contributed by atoms with Crippen molar-refractivity contribution < 1.29 is 0 Å². The lowest BCUT2D eigenvalue weighted by molar-refractivity contribution is 1.17. The first-order valence-electron chi connectivity index (χ1n) is 3.10. The highest BCUT2D eigenvalue weighted by Crippen LogP contribution is 2.06. The third-order valence-electron chi connectivity index (χ3n) is 1.39. The maximum absolute atomic E-state index is 4.21. The first kappa shape index (κ1) is 5.31. The molecule has 0 aliphatic carbocycles. The number of nitrogens with zero attached hydrogens (tertiary/aromatic N) is 1. The van der Waals surface area contributed by atoms with Crippen molar-refractivity contribution in [3.8, 4) is 0 Å². The number of aryl methyl sites for hydroxylation is 1. The summed E-state index contributed by atoms with van der Waals surface area (Å²) in [6.07, 6.45) is 0.